The number of aliphatic hydroxyl groups excluding tert-OH is 1. The van der Waals surface area contributed by atoms with Crippen LogP contribution in [0.4, 0.5) is 0 Å². The second-order valence-electron chi connectivity index (χ2n) is 6.37. The number of halogens is 1. The van der Waals surface area contributed by atoms with E-state index in [9.17, 15) is 9.90 Å². The SMILES string of the molecule is CC1(C)OB(C(=Cc2cnc(C(=O)O)c(Cl)c2)CO)OC1(C)C. The number of aromatic nitrogens is 1. The normalized spacial score (nSPS) is 19.9. The third-order valence-electron chi connectivity index (χ3n) is 4.16. The number of pyridine rings is 1. The van der Waals surface area contributed by atoms with E-state index >= 15 is 0 Å². The molecule has 0 saturated carbocycles. The molecule has 0 aromatic carbocycles. The summed E-state index contributed by atoms with van der Waals surface area (Å²) in [6, 6.07) is 1.47. The van der Waals surface area contributed by atoms with Crippen molar-refractivity contribution in [1.82, 2.24) is 4.98 Å². The first kappa shape index (κ1) is 17.9. The standard InChI is InChI=1S/C15H19BClNO5/c1-14(2)15(3,4)23-16(22-14)10(8-19)5-9-6-11(17)12(13(20)21)18-7-9/h5-7,19H,8H2,1-4H3,(H,20,21). The first-order chi connectivity index (χ1) is 10.6. The van der Waals surface area contributed by atoms with E-state index in [-0.39, 0.29) is 17.3 Å². The van der Waals surface area contributed by atoms with E-state index in [4.69, 9.17) is 26.0 Å². The lowest BCUT2D eigenvalue weighted by molar-refractivity contribution is 0.00578. The maximum atomic E-state index is 10.9. The fourth-order valence-electron chi connectivity index (χ4n) is 2.09. The van der Waals surface area contributed by atoms with Crippen molar-refractivity contribution < 1.29 is 24.3 Å². The highest BCUT2D eigenvalue weighted by atomic mass is 35.5. The van der Waals surface area contributed by atoms with Gasteiger partial charge in [0.15, 0.2) is 5.69 Å². The van der Waals surface area contributed by atoms with Crippen LogP contribution < -0.4 is 0 Å². The molecule has 1 aromatic rings. The summed E-state index contributed by atoms with van der Waals surface area (Å²) in [4.78, 5) is 14.7. The van der Waals surface area contributed by atoms with Crippen LogP contribution >= 0.6 is 11.6 Å². The van der Waals surface area contributed by atoms with Gasteiger partial charge < -0.3 is 19.5 Å². The van der Waals surface area contributed by atoms with E-state index in [0.29, 0.717) is 11.0 Å². The van der Waals surface area contributed by atoms with Crippen molar-refractivity contribution in [3.63, 3.8) is 0 Å². The highest BCUT2D eigenvalue weighted by molar-refractivity contribution is 6.55. The zero-order chi connectivity index (χ0) is 17.4. The number of hydrogen-bond donors (Lipinski definition) is 2. The molecule has 23 heavy (non-hydrogen) atoms. The fourth-order valence-corrected chi connectivity index (χ4v) is 2.34. The summed E-state index contributed by atoms with van der Waals surface area (Å²) in [5.74, 6) is -1.20. The van der Waals surface area contributed by atoms with Gasteiger partial charge in [0, 0.05) is 6.20 Å². The van der Waals surface area contributed by atoms with Crippen molar-refractivity contribution in [1.29, 1.82) is 0 Å². The first-order valence-corrected chi connectivity index (χ1v) is 7.51. The van der Waals surface area contributed by atoms with Crippen LogP contribution in [0, 0.1) is 0 Å². The van der Waals surface area contributed by atoms with Crippen LogP contribution in [0.1, 0.15) is 43.7 Å². The topological polar surface area (TPSA) is 88.9 Å². The molecule has 1 aromatic heterocycles. The minimum Gasteiger partial charge on any atom is -0.476 e. The van der Waals surface area contributed by atoms with Gasteiger partial charge in [-0.3, -0.25) is 0 Å². The van der Waals surface area contributed by atoms with Crippen molar-refractivity contribution in [3.8, 4) is 0 Å². The van der Waals surface area contributed by atoms with Gasteiger partial charge >= 0.3 is 13.1 Å². The van der Waals surface area contributed by atoms with E-state index in [2.05, 4.69) is 4.98 Å². The van der Waals surface area contributed by atoms with Gasteiger partial charge in [0.05, 0.1) is 22.8 Å². The highest BCUT2D eigenvalue weighted by Gasteiger charge is 2.52. The van der Waals surface area contributed by atoms with Gasteiger partial charge in [-0.15, -0.1) is 0 Å². The molecule has 0 amide bonds. The van der Waals surface area contributed by atoms with Crippen LogP contribution in [0.5, 0.6) is 0 Å². The number of aliphatic hydroxyl groups is 1. The van der Waals surface area contributed by atoms with E-state index in [0.717, 1.165) is 0 Å². The van der Waals surface area contributed by atoms with Gasteiger partial charge in [-0.1, -0.05) is 17.7 Å². The van der Waals surface area contributed by atoms with Crippen LogP contribution in [0.2, 0.25) is 5.02 Å². The molecule has 1 aliphatic rings. The number of carbonyl (C=O) groups is 1. The number of hydrogen-bond acceptors (Lipinski definition) is 5. The van der Waals surface area contributed by atoms with Crippen molar-refractivity contribution in [2.45, 2.75) is 38.9 Å². The lowest BCUT2D eigenvalue weighted by Crippen LogP contribution is -2.41. The molecule has 8 heteroatoms. The Hall–Kier alpha value is -1.41. The molecule has 2 N–H and O–H groups in total. The second kappa shape index (κ2) is 6.24. The molecule has 0 unspecified atom stereocenters. The summed E-state index contributed by atoms with van der Waals surface area (Å²) in [5, 5.41) is 18.6. The number of carboxylic acids is 1. The highest BCUT2D eigenvalue weighted by Crippen LogP contribution is 2.38. The molecule has 0 aliphatic carbocycles. The van der Waals surface area contributed by atoms with Crippen LogP contribution in [0.25, 0.3) is 6.08 Å². The minimum absolute atomic E-state index is 0.0254. The summed E-state index contributed by atoms with van der Waals surface area (Å²) in [6.45, 7) is 7.41. The lowest BCUT2D eigenvalue weighted by atomic mass is 9.77. The number of nitrogens with zero attached hydrogens (tertiary/aromatic N) is 1. The van der Waals surface area contributed by atoms with Gasteiger partial charge in [-0.2, -0.15) is 0 Å². The van der Waals surface area contributed by atoms with Crippen LogP contribution in [-0.2, 0) is 9.31 Å². The Labute approximate surface area is 140 Å². The van der Waals surface area contributed by atoms with E-state index in [1.807, 2.05) is 27.7 Å². The van der Waals surface area contributed by atoms with Crippen LogP contribution in [-0.4, -0.2) is 46.1 Å². The Morgan fingerprint density at radius 3 is 2.35 bits per heavy atom. The summed E-state index contributed by atoms with van der Waals surface area (Å²) >= 11 is 5.90. The van der Waals surface area contributed by atoms with E-state index in [1.165, 1.54) is 12.3 Å². The van der Waals surface area contributed by atoms with Gasteiger partial charge in [0.1, 0.15) is 0 Å². The zero-order valence-corrected chi connectivity index (χ0v) is 14.2. The lowest BCUT2D eigenvalue weighted by Gasteiger charge is -2.32. The molecule has 2 rings (SSSR count). The van der Waals surface area contributed by atoms with Gasteiger partial charge in [0.2, 0.25) is 0 Å². The van der Waals surface area contributed by atoms with Crippen LogP contribution in [0.3, 0.4) is 0 Å². The molecular weight excluding hydrogens is 320 g/mol. The molecule has 0 atom stereocenters. The second-order valence-corrected chi connectivity index (χ2v) is 6.78. The quantitative estimate of drug-likeness (QED) is 0.819. The molecule has 1 saturated heterocycles. The molecule has 0 radical (unpaired) electrons. The van der Waals surface area contributed by atoms with E-state index < -0.39 is 24.3 Å². The Bertz CT molecular complexity index is 643. The fraction of sp³-hybridized carbons (Fsp3) is 0.467. The third-order valence-corrected chi connectivity index (χ3v) is 4.44. The van der Waals surface area contributed by atoms with Crippen molar-refractivity contribution in [2.75, 3.05) is 6.61 Å². The maximum Gasteiger partial charge on any atom is 0.492 e. The molecule has 0 spiro atoms. The predicted molar refractivity (Wildman–Crippen MR) is 87.4 cm³/mol. The average Bonchev–Trinajstić information content (AvgIpc) is 2.64. The summed E-state index contributed by atoms with van der Waals surface area (Å²) in [6.07, 6.45) is 3.00. The smallest absolute Gasteiger partial charge is 0.476 e. The van der Waals surface area contributed by atoms with Crippen molar-refractivity contribution in [2.24, 2.45) is 0 Å². The molecule has 124 valence electrons. The zero-order valence-electron chi connectivity index (χ0n) is 13.5. The van der Waals surface area contributed by atoms with Gasteiger partial charge in [0.25, 0.3) is 0 Å². The third kappa shape index (κ3) is 3.58. The van der Waals surface area contributed by atoms with Crippen molar-refractivity contribution >= 4 is 30.8 Å². The summed E-state index contributed by atoms with van der Waals surface area (Å²) in [5.41, 5.74) is -0.197. The van der Waals surface area contributed by atoms with Crippen molar-refractivity contribution in [3.05, 3.63) is 34.0 Å². The summed E-state index contributed by atoms with van der Waals surface area (Å²) < 4.78 is 11.8. The number of carboxylic acid groups (broad SMARTS) is 1. The molecule has 0 bridgehead atoms. The molecule has 6 nitrogen and oxygen atoms in total. The minimum atomic E-state index is -1.20. The van der Waals surface area contributed by atoms with E-state index in [1.54, 1.807) is 6.08 Å². The molecule has 1 fully saturated rings. The Morgan fingerprint density at radius 2 is 1.91 bits per heavy atom. The number of aromatic carboxylic acids is 1. The molecular formula is C15H19BClNO5. The molecule has 2 heterocycles. The summed E-state index contributed by atoms with van der Waals surface area (Å²) in [7, 11) is -0.692. The maximum absolute atomic E-state index is 10.9. The van der Waals surface area contributed by atoms with Gasteiger partial charge in [-0.05, 0) is 44.8 Å². The number of rotatable bonds is 4. The predicted octanol–water partition coefficient (Wildman–Crippen LogP) is 2.44. The molecule has 1 aliphatic heterocycles. The van der Waals surface area contributed by atoms with Gasteiger partial charge in [-0.25, -0.2) is 9.78 Å². The Kier molecular flexibility index (Phi) is 4.87. The van der Waals surface area contributed by atoms with Crippen LogP contribution in [0.15, 0.2) is 17.7 Å². The Balaban J connectivity index is 2.30. The monoisotopic (exact) mass is 339 g/mol. The Morgan fingerprint density at radius 1 is 1.35 bits per heavy atom. The average molecular weight is 340 g/mol. The largest absolute Gasteiger partial charge is 0.492 e. The first-order valence-electron chi connectivity index (χ1n) is 7.13.